The highest BCUT2D eigenvalue weighted by Crippen LogP contribution is 2.32. The molecule has 1 aliphatic carbocycles. The van der Waals surface area contributed by atoms with Crippen LogP contribution in [0.3, 0.4) is 0 Å². The molecule has 0 N–H and O–H groups in total. The lowest BCUT2D eigenvalue weighted by molar-refractivity contribution is -0.133. The van der Waals surface area contributed by atoms with Crippen LogP contribution in [0.2, 0.25) is 0 Å². The monoisotopic (exact) mass is 402 g/mol. The molecule has 8 heteroatoms. The zero-order valence-corrected chi connectivity index (χ0v) is 15.3. The molecule has 23 heavy (non-hydrogen) atoms. The van der Waals surface area contributed by atoms with E-state index in [4.69, 9.17) is 4.74 Å². The molecule has 0 bridgehead atoms. The number of sulfonamides is 1. The maximum Gasteiger partial charge on any atom is 0.243 e. The fourth-order valence-electron chi connectivity index (χ4n) is 2.69. The van der Waals surface area contributed by atoms with Crippen LogP contribution in [0.25, 0.3) is 0 Å². The number of rotatable bonds is 4. The predicted molar refractivity (Wildman–Crippen MR) is 88.8 cm³/mol. The number of ether oxygens (including phenoxy) is 1. The molecule has 2 aliphatic rings. The minimum absolute atomic E-state index is 0.175. The predicted octanol–water partition coefficient (Wildman–Crippen LogP) is 1.70. The molecule has 1 saturated heterocycles. The van der Waals surface area contributed by atoms with Gasteiger partial charge in [-0.25, -0.2) is 8.42 Å². The van der Waals surface area contributed by atoms with Crippen molar-refractivity contribution in [2.24, 2.45) is 5.92 Å². The van der Waals surface area contributed by atoms with E-state index in [1.54, 1.807) is 23.1 Å². The van der Waals surface area contributed by atoms with Gasteiger partial charge in [0, 0.05) is 32.1 Å². The first kappa shape index (κ1) is 16.7. The van der Waals surface area contributed by atoms with Crippen molar-refractivity contribution >= 4 is 31.9 Å². The number of hydrogen-bond donors (Lipinski definition) is 0. The zero-order chi connectivity index (χ0) is 16.6. The molecule has 1 aliphatic heterocycles. The Kier molecular flexibility index (Phi) is 4.66. The summed E-state index contributed by atoms with van der Waals surface area (Å²) in [6.45, 7) is 1.60. The Balaban J connectivity index is 1.71. The van der Waals surface area contributed by atoms with E-state index in [0.717, 1.165) is 12.8 Å². The van der Waals surface area contributed by atoms with Gasteiger partial charge in [0.25, 0.3) is 0 Å². The number of amides is 1. The third-order valence-electron chi connectivity index (χ3n) is 4.24. The maximum absolute atomic E-state index is 12.7. The van der Waals surface area contributed by atoms with E-state index in [2.05, 4.69) is 15.9 Å². The number of halogens is 1. The molecule has 2 fully saturated rings. The van der Waals surface area contributed by atoms with Gasteiger partial charge in [0.2, 0.25) is 15.9 Å². The number of hydrogen-bond acceptors (Lipinski definition) is 4. The molecular weight excluding hydrogens is 384 g/mol. The molecule has 0 aromatic heterocycles. The molecule has 1 amide bonds. The third kappa shape index (κ3) is 3.39. The quantitative estimate of drug-likeness (QED) is 0.768. The standard InChI is InChI=1S/C15H19BrN2O4S/c1-22-14-5-4-12(10-13(14)16)23(20,21)18-8-6-17(7-9-18)15(19)11-2-3-11/h4-5,10-11H,2-3,6-9H2,1H3. The molecule has 1 saturated carbocycles. The second-order valence-corrected chi connectivity index (χ2v) is 8.59. The van der Waals surface area contributed by atoms with Gasteiger partial charge >= 0.3 is 0 Å². The minimum atomic E-state index is -3.55. The lowest BCUT2D eigenvalue weighted by Gasteiger charge is -2.34. The van der Waals surface area contributed by atoms with Crippen molar-refractivity contribution in [2.45, 2.75) is 17.7 Å². The molecule has 1 heterocycles. The van der Waals surface area contributed by atoms with Gasteiger partial charge in [-0.3, -0.25) is 4.79 Å². The second kappa shape index (κ2) is 6.41. The molecule has 1 aromatic carbocycles. The van der Waals surface area contributed by atoms with Crippen molar-refractivity contribution in [2.75, 3.05) is 33.3 Å². The Morgan fingerprint density at radius 3 is 2.39 bits per heavy atom. The number of piperazine rings is 1. The van der Waals surface area contributed by atoms with Gasteiger partial charge in [-0.15, -0.1) is 0 Å². The molecule has 126 valence electrons. The third-order valence-corrected chi connectivity index (χ3v) is 6.75. The Morgan fingerprint density at radius 2 is 1.87 bits per heavy atom. The maximum atomic E-state index is 12.7. The van der Waals surface area contributed by atoms with Crippen LogP contribution < -0.4 is 4.74 Å². The van der Waals surface area contributed by atoms with Crippen molar-refractivity contribution in [1.82, 2.24) is 9.21 Å². The minimum Gasteiger partial charge on any atom is -0.496 e. The summed E-state index contributed by atoms with van der Waals surface area (Å²) < 4.78 is 32.6. The second-order valence-electron chi connectivity index (χ2n) is 5.80. The zero-order valence-electron chi connectivity index (χ0n) is 12.9. The fourth-order valence-corrected chi connectivity index (χ4v) is 4.84. The number of nitrogens with zero attached hydrogens (tertiary/aromatic N) is 2. The van der Waals surface area contributed by atoms with Crippen LogP contribution in [-0.2, 0) is 14.8 Å². The van der Waals surface area contributed by atoms with Crippen molar-refractivity contribution in [3.05, 3.63) is 22.7 Å². The highest BCUT2D eigenvalue weighted by atomic mass is 79.9. The molecule has 6 nitrogen and oxygen atoms in total. The number of methoxy groups -OCH3 is 1. The summed E-state index contributed by atoms with van der Waals surface area (Å²) in [5.41, 5.74) is 0. The lowest BCUT2D eigenvalue weighted by Crippen LogP contribution is -2.50. The SMILES string of the molecule is COc1ccc(S(=O)(=O)N2CCN(C(=O)C3CC3)CC2)cc1Br. The van der Waals surface area contributed by atoms with E-state index in [0.29, 0.717) is 36.4 Å². The highest BCUT2D eigenvalue weighted by molar-refractivity contribution is 9.10. The Labute approximate surface area is 144 Å². The van der Waals surface area contributed by atoms with Crippen LogP contribution in [0, 0.1) is 5.92 Å². The number of carbonyl (C=O) groups is 1. The average molecular weight is 403 g/mol. The number of benzene rings is 1. The first-order valence-corrected chi connectivity index (χ1v) is 9.79. The van der Waals surface area contributed by atoms with Crippen LogP contribution in [-0.4, -0.2) is 56.8 Å². The first-order chi connectivity index (χ1) is 10.9. The van der Waals surface area contributed by atoms with E-state index in [1.165, 1.54) is 11.4 Å². The molecule has 3 rings (SSSR count). The fraction of sp³-hybridized carbons (Fsp3) is 0.533. The largest absolute Gasteiger partial charge is 0.496 e. The molecule has 0 spiro atoms. The van der Waals surface area contributed by atoms with Gasteiger partial charge in [0.05, 0.1) is 16.5 Å². The van der Waals surface area contributed by atoms with Crippen LogP contribution in [0.4, 0.5) is 0 Å². The summed E-state index contributed by atoms with van der Waals surface area (Å²) in [4.78, 5) is 14.1. The van der Waals surface area contributed by atoms with Gasteiger partial charge in [-0.2, -0.15) is 4.31 Å². The van der Waals surface area contributed by atoms with Crippen LogP contribution in [0.15, 0.2) is 27.6 Å². The first-order valence-electron chi connectivity index (χ1n) is 7.56. The summed E-state index contributed by atoms with van der Waals surface area (Å²) >= 11 is 3.31. The normalized spacial score (nSPS) is 19.7. The summed E-state index contributed by atoms with van der Waals surface area (Å²) in [6.07, 6.45) is 1.94. The molecule has 1 aromatic rings. The summed E-state index contributed by atoms with van der Waals surface area (Å²) in [5, 5.41) is 0. The lowest BCUT2D eigenvalue weighted by atomic mass is 10.3. The average Bonchev–Trinajstić information content (AvgIpc) is 3.39. The number of carbonyl (C=O) groups excluding carboxylic acids is 1. The van der Waals surface area contributed by atoms with Crippen molar-refractivity contribution < 1.29 is 17.9 Å². The smallest absolute Gasteiger partial charge is 0.243 e. The van der Waals surface area contributed by atoms with Crippen LogP contribution >= 0.6 is 15.9 Å². The van der Waals surface area contributed by atoms with E-state index in [-0.39, 0.29) is 16.7 Å². The van der Waals surface area contributed by atoms with Crippen molar-refractivity contribution in [3.63, 3.8) is 0 Å². The molecule has 0 radical (unpaired) electrons. The van der Waals surface area contributed by atoms with E-state index >= 15 is 0 Å². The van der Waals surface area contributed by atoms with E-state index < -0.39 is 10.0 Å². The van der Waals surface area contributed by atoms with Crippen LogP contribution in [0.1, 0.15) is 12.8 Å². The Morgan fingerprint density at radius 1 is 1.22 bits per heavy atom. The van der Waals surface area contributed by atoms with E-state index in [1.807, 2.05) is 0 Å². The van der Waals surface area contributed by atoms with Gasteiger partial charge in [0.1, 0.15) is 5.75 Å². The molecule has 0 unspecified atom stereocenters. The van der Waals surface area contributed by atoms with E-state index in [9.17, 15) is 13.2 Å². The Bertz CT molecular complexity index is 710. The topological polar surface area (TPSA) is 66.9 Å². The highest BCUT2D eigenvalue weighted by Gasteiger charge is 2.36. The summed E-state index contributed by atoms with van der Waals surface area (Å²) in [6, 6.07) is 4.72. The molecular formula is C15H19BrN2O4S. The van der Waals surface area contributed by atoms with Crippen molar-refractivity contribution in [1.29, 1.82) is 0 Å². The Hall–Kier alpha value is -1.12. The summed E-state index contributed by atoms with van der Waals surface area (Å²) in [5.74, 6) is 0.939. The van der Waals surface area contributed by atoms with Crippen LogP contribution in [0.5, 0.6) is 5.75 Å². The molecule has 0 atom stereocenters. The van der Waals surface area contributed by atoms with Gasteiger partial charge in [0.15, 0.2) is 0 Å². The van der Waals surface area contributed by atoms with Gasteiger partial charge < -0.3 is 9.64 Å². The van der Waals surface area contributed by atoms with Gasteiger partial charge in [-0.1, -0.05) is 0 Å². The van der Waals surface area contributed by atoms with Gasteiger partial charge in [-0.05, 0) is 47.0 Å². The van der Waals surface area contributed by atoms with Crippen molar-refractivity contribution in [3.8, 4) is 5.75 Å². The summed E-state index contributed by atoms with van der Waals surface area (Å²) in [7, 11) is -2.02.